The lowest BCUT2D eigenvalue weighted by atomic mass is 9.63. The predicted octanol–water partition coefficient (Wildman–Crippen LogP) is 1.84. The Kier molecular flexibility index (Phi) is 5.86. The Morgan fingerprint density at radius 1 is 1.08 bits per heavy atom. The van der Waals surface area contributed by atoms with Crippen molar-refractivity contribution in [2.45, 2.75) is 62.2 Å². The van der Waals surface area contributed by atoms with Gasteiger partial charge in [-0.15, -0.1) is 0 Å². The van der Waals surface area contributed by atoms with Gasteiger partial charge in [-0.1, -0.05) is 0 Å². The van der Waals surface area contributed by atoms with E-state index in [1.54, 1.807) is 17.5 Å². The van der Waals surface area contributed by atoms with Gasteiger partial charge in [0.25, 0.3) is 5.91 Å². The highest BCUT2D eigenvalue weighted by molar-refractivity contribution is 6.01. The fraction of sp³-hybridized carbons (Fsp3) is 0.464. The molecular weight excluding hydrogens is 498 g/mol. The summed E-state index contributed by atoms with van der Waals surface area (Å²) in [6.07, 6.45) is 7.52. The maximum atomic E-state index is 13.3. The van der Waals surface area contributed by atoms with Gasteiger partial charge in [-0.3, -0.25) is 14.6 Å². The van der Waals surface area contributed by atoms with E-state index in [4.69, 9.17) is 0 Å². The molecule has 0 radical (unpaired) electrons. The van der Waals surface area contributed by atoms with Crippen molar-refractivity contribution >= 4 is 23.0 Å². The van der Waals surface area contributed by atoms with Crippen LogP contribution in [0.15, 0.2) is 36.7 Å². The van der Waals surface area contributed by atoms with E-state index < -0.39 is 17.1 Å². The van der Waals surface area contributed by atoms with Crippen molar-refractivity contribution in [2.75, 3.05) is 25.0 Å². The number of aromatic nitrogens is 3. The summed E-state index contributed by atoms with van der Waals surface area (Å²) >= 11 is 0. The van der Waals surface area contributed by atoms with Crippen molar-refractivity contribution < 1.29 is 19.8 Å². The summed E-state index contributed by atoms with van der Waals surface area (Å²) in [7, 11) is 0. The van der Waals surface area contributed by atoms with Crippen LogP contribution in [0, 0.1) is 11.3 Å². The third-order valence-corrected chi connectivity index (χ3v) is 8.46. The van der Waals surface area contributed by atoms with E-state index in [9.17, 15) is 25.1 Å². The second-order valence-electron chi connectivity index (χ2n) is 11.6. The van der Waals surface area contributed by atoms with Crippen molar-refractivity contribution in [3.05, 3.63) is 47.8 Å². The molecule has 3 saturated carbocycles. The number of hydrogen-bond donors (Lipinski definition) is 4. The van der Waals surface area contributed by atoms with E-state index >= 15 is 0 Å². The molecule has 1 saturated heterocycles. The number of fused-ring (bicyclic) bond motifs is 4. The molecule has 0 atom stereocenters. The molecule has 0 aromatic carbocycles. The Bertz CT molecular complexity index is 1490. The molecule has 3 aromatic rings. The summed E-state index contributed by atoms with van der Waals surface area (Å²) in [6, 6.07) is 9.40. The number of pyridine rings is 1. The van der Waals surface area contributed by atoms with Crippen LogP contribution < -0.4 is 10.6 Å². The summed E-state index contributed by atoms with van der Waals surface area (Å²) in [5, 5.41) is 40.6. The number of nitrogens with zero attached hydrogens (tertiary/aromatic N) is 5. The van der Waals surface area contributed by atoms with Gasteiger partial charge >= 0.3 is 0 Å². The van der Waals surface area contributed by atoms with Crippen molar-refractivity contribution in [1.82, 2.24) is 24.8 Å². The monoisotopic (exact) mass is 529 g/mol. The topological polar surface area (TPSA) is 156 Å². The molecule has 1 aliphatic heterocycles. The number of hydrogen-bond acceptors (Lipinski definition) is 8. The molecule has 3 aromatic heterocycles. The van der Waals surface area contributed by atoms with E-state index in [-0.39, 0.29) is 31.1 Å². The minimum Gasteiger partial charge on any atom is -0.390 e. The number of likely N-dealkylation sites (tertiary alicyclic amines) is 1. The predicted molar refractivity (Wildman–Crippen MR) is 142 cm³/mol. The summed E-state index contributed by atoms with van der Waals surface area (Å²) in [6.45, 7) is 1.98. The molecule has 4 fully saturated rings. The normalized spacial score (nSPS) is 25.1. The van der Waals surface area contributed by atoms with Crippen LogP contribution in [-0.2, 0) is 4.79 Å². The third kappa shape index (κ3) is 4.70. The molecule has 0 unspecified atom stereocenters. The number of anilines is 1. The van der Waals surface area contributed by atoms with Crippen LogP contribution in [-0.4, -0.2) is 77.9 Å². The molecule has 11 nitrogen and oxygen atoms in total. The maximum absolute atomic E-state index is 13.3. The van der Waals surface area contributed by atoms with Crippen LogP contribution in [0.4, 0.5) is 5.69 Å². The lowest BCUT2D eigenvalue weighted by Gasteiger charge is -2.51. The maximum Gasteiger partial charge on any atom is 0.255 e. The fourth-order valence-electron chi connectivity index (χ4n) is 6.09. The van der Waals surface area contributed by atoms with Crippen LogP contribution in [0.5, 0.6) is 0 Å². The van der Waals surface area contributed by atoms with Gasteiger partial charge in [0.1, 0.15) is 6.07 Å². The van der Waals surface area contributed by atoms with Gasteiger partial charge in [-0.05, 0) is 69.7 Å². The van der Waals surface area contributed by atoms with E-state index in [0.717, 1.165) is 24.8 Å². The quantitative estimate of drug-likeness (QED) is 0.377. The highest BCUT2D eigenvalue weighted by atomic mass is 16.3. The molecule has 39 heavy (non-hydrogen) atoms. The van der Waals surface area contributed by atoms with E-state index in [2.05, 4.69) is 26.8 Å². The molecule has 4 aliphatic rings. The smallest absolute Gasteiger partial charge is 0.255 e. The molecule has 7 rings (SSSR count). The first-order valence-corrected chi connectivity index (χ1v) is 13.3. The molecule has 0 spiro atoms. The second kappa shape index (κ2) is 9.03. The summed E-state index contributed by atoms with van der Waals surface area (Å²) < 4.78 is 1.70. The number of aliphatic hydroxyl groups is 2. The van der Waals surface area contributed by atoms with E-state index in [1.165, 1.54) is 17.3 Å². The van der Waals surface area contributed by atoms with Crippen molar-refractivity contribution in [1.29, 1.82) is 5.26 Å². The highest BCUT2D eigenvalue weighted by Gasteiger charge is 2.48. The van der Waals surface area contributed by atoms with Crippen LogP contribution in [0.2, 0.25) is 0 Å². The van der Waals surface area contributed by atoms with Crippen molar-refractivity contribution in [2.24, 2.45) is 0 Å². The molecule has 202 valence electrons. The standard InChI is InChI=1S/C28H31N7O4/c1-26(38)16-34(17-26)24(36)15-31-25(37)20-14-30-22(23-3-2-19-10-18(12-29)13-32-35(19)23)11-21(20)33-27-4-7-28(39,8-5-27)9-6-27/h2-3,10-11,13-14,38-39H,4-9,15-17H2,1H3,(H,30,33)(H,31,37). The fourth-order valence-corrected chi connectivity index (χ4v) is 6.09. The average molecular weight is 530 g/mol. The lowest BCUT2D eigenvalue weighted by molar-refractivity contribution is -0.151. The molecule has 11 heteroatoms. The Hall–Kier alpha value is -4.01. The van der Waals surface area contributed by atoms with E-state index in [0.29, 0.717) is 47.5 Å². The van der Waals surface area contributed by atoms with Crippen LogP contribution in [0.25, 0.3) is 16.9 Å². The first-order chi connectivity index (χ1) is 18.6. The highest BCUT2D eigenvalue weighted by Crippen LogP contribution is 2.48. The van der Waals surface area contributed by atoms with Gasteiger partial charge in [0.15, 0.2) is 0 Å². The summed E-state index contributed by atoms with van der Waals surface area (Å²) in [5.41, 5.74) is 1.74. The van der Waals surface area contributed by atoms with Crippen LogP contribution in [0.3, 0.4) is 0 Å². The number of carbonyl (C=O) groups is 2. The minimum absolute atomic E-state index is 0.178. The molecular formula is C28H31N7O4. The molecule has 3 aliphatic carbocycles. The van der Waals surface area contributed by atoms with Gasteiger partial charge in [0, 0.05) is 11.7 Å². The summed E-state index contributed by atoms with van der Waals surface area (Å²) in [4.78, 5) is 31.9. The van der Waals surface area contributed by atoms with Crippen molar-refractivity contribution in [3.8, 4) is 17.5 Å². The number of β-amino-alcohol motifs (C(OH)–C–C–N with tert-alkyl or cyclic N) is 1. The van der Waals surface area contributed by atoms with Crippen LogP contribution in [0.1, 0.15) is 61.4 Å². The van der Waals surface area contributed by atoms with Gasteiger partial charge < -0.3 is 25.7 Å². The first-order valence-electron chi connectivity index (χ1n) is 13.3. The largest absolute Gasteiger partial charge is 0.390 e. The number of carbonyl (C=O) groups excluding carboxylic acids is 2. The Morgan fingerprint density at radius 2 is 1.79 bits per heavy atom. The number of rotatable bonds is 6. The molecule has 4 N–H and O–H groups in total. The number of amides is 2. The average Bonchev–Trinajstić information content (AvgIpc) is 3.34. The Labute approximate surface area is 225 Å². The zero-order valence-electron chi connectivity index (χ0n) is 21.8. The van der Waals surface area contributed by atoms with Crippen molar-refractivity contribution in [3.63, 3.8) is 0 Å². The van der Waals surface area contributed by atoms with Gasteiger partial charge in [-0.2, -0.15) is 10.4 Å². The number of nitriles is 1. The molecule has 4 heterocycles. The van der Waals surface area contributed by atoms with Gasteiger partial charge in [0.05, 0.1) is 70.8 Å². The van der Waals surface area contributed by atoms with Gasteiger partial charge in [0.2, 0.25) is 5.91 Å². The number of nitrogens with one attached hydrogen (secondary N) is 2. The van der Waals surface area contributed by atoms with Gasteiger partial charge in [-0.25, -0.2) is 4.52 Å². The molecule has 2 bridgehead atoms. The zero-order valence-corrected chi connectivity index (χ0v) is 21.8. The Balaban J connectivity index is 1.29. The SMILES string of the molecule is CC1(O)CN(C(=O)CNC(=O)c2cnc(-c3ccc4cc(C#N)cnn34)cc2NC23CCC(O)(CC2)CC3)C1. The van der Waals surface area contributed by atoms with E-state index in [1.807, 2.05) is 18.2 Å². The minimum atomic E-state index is -0.879. The first kappa shape index (κ1) is 25.3. The zero-order chi connectivity index (χ0) is 27.4. The lowest BCUT2D eigenvalue weighted by Crippen LogP contribution is -2.63. The summed E-state index contributed by atoms with van der Waals surface area (Å²) in [5.74, 6) is -0.678. The second-order valence-corrected chi connectivity index (χ2v) is 11.6. The van der Waals surface area contributed by atoms with Crippen LogP contribution >= 0.6 is 0 Å². The Morgan fingerprint density at radius 3 is 2.46 bits per heavy atom. The third-order valence-electron chi connectivity index (χ3n) is 8.46. The molecule has 2 amide bonds.